The molecule has 2 amide bonds. The molecule has 0 aliphatic carbocycles. The van der Waals surface area contributed by atoms with Crippen molar-refractivity contribution in [2.75, 3.05) is 12.4 Å². The summed E-state index contributed by atoms with van der Waals surface area (Å²) in [4.78, 5) is 56.2. The molecule has 4 aromatic rings. The second-order valence-corrected chi connectivity index (χ2v) is 11.0. The maximum atomic E-state index is 13.8. The predicted octanol–water partition coefficient (Wildman–Crippen LogP) is 4.27. The molecule has 4 rings (SSSR count). The fourth-order valence-electron chi connectivity index (χ4n) is 4.47. The molecule has 2 aromatic heterocycles. The van der Waals surface area contributed by atoms with Crippen LogP contribution >= 0.6 is 0 Å². The van der Waals surface area contributed by atoms with E-state index in [0.29, 0.717) is 16.7 Å². The number of carbonyl (C=O) groups excluding carboxylic acids is 3. The smallest absolute Gasteiger partial charge is 0.411 e. The number of anilines is 1. The van der Waals surface area contributed by atoms with Gasteiger partial charge >= 0.3 is 6.09 Å². The van der Waals surface area contributed by atoms with Gasteiger partial charge in [0.25, 0.3) is 11.4 Å². The summed E-state index contributed by atoms with van der Waals surface area (Å²) in [6.45, 7) is 8.21. The highest BCUT2D eigenvalue weighted by atomic mass is 19.1. The molecule has 13 heteroatoms. The Bertz CT molecular complexity index is 1750. The van der Waals surface area contributed by atoms with E-state index in [9.17, 15) is 23.6 Å². The van der Waals surface area contributed by atoms with Gasteiger partial charge in [-0.3, -0.25) is 24.3 Å². The number of nitrogens with zero attached hydrogens (tertiary/aromatic N) is 4. The van der Waals surface area contributed by atoms with Crippen LogP contribution in [0.25, 0.3) is 11.4 Å². The molecule has 0 saturated carbocycles. The van der Waals surface area contributed by atoms with Gasteiger partial charge in [0.2, 0.25) is 17.6 Å². The zero-order chi connectivity index (χ0) is 32.2. The van der Waals surface area contributed by atoms with Gasteiger partial charge in [-0.1, -0.05) is 56.3 Å². The minimum absolute atomic E-state index is 0.140. The van der Waals surface area contributed by atoms with Gasteiger partial charge < -0.3 is 14.5 Å². The quantitative estimate of drug-likeness (QED) is 0.252. The highest BCUT2D eigenvalue weighted by molar-refractivity contribution is 5.98. The average Bonchev–Trinajstić information content (AvgIpc) is 3.51. The summed E-state index contributed by atoms with van der Waals surface area (Å²) in [7, 11) is 1.15. The zero-order valence-corrected chi connectivity index (χ0v) is 25.2. The largest absolute Gasteiger partial charge is 0.453 e. The van der Waals surface area contributed by atoms with E-state index in [2.05, 4.69) is 30.6 Å². The van der Waals surface area contributed by atoms with Crippen LogP contribution in [-0.2, 0) is 21.5 Å². The number of ether oxygens (including phenoxy) is 1. The summed E-state index contributed by atoms with van der Waals surface area (Å²) >= 11 is 0. The Morgan fingerprint density at radius 2 is 1.80 bits per heavy atom. The maximum absolute atomic E-state index is 13.8. The van der Waals surface area contributed by atoms with Gasteiger partial charge in [0.1, 0.15) is 23.9 Å². The number of Topliss-reactive ketones (excluding diaryl/α,β-unsaturated/α-hetero) is 1. The highest BCUT2D eigenvalue weighted by Crippen LogP contribution is 2.31. The molecule has 44 heavy (non-hydrogen) atoms. The number of hydrogen-bond acceptors (Lipinski definition) is 9. The molecule has 0 fully saturated rings. The molecule has 2 aromatic carbocycles. The molecule has 1 atom stereocenters. The number of methoxy groups -OCH3 is 1. The second kappa shape index (κ2) is 13.0. The summed E-state index contributed by atoms with van der Waals surface area (Å²) in [5.41, 5.74) is -0.0258. The number of carbonyl (C=O) groups is 3. The molecular formula is C31H33FN6O6. The van der Waals surface area contributed by atoms with Crippen LogP contribution in [0.3, 0.4) is 0 Å². The Kier molecular flexibility index (Phi) is 9.36. The Balaban J connectivity index is 1.60. The number of hydrogen-bond donors (Lipinski definition) is 2. The topological polar surface area (TPSA) is 158 Å². The van der Waals surface area contributed by atoms with Gasteiger partial charge in [-0.2, -0.15) is 0 Å². The van der Waals surface area contributed by atoms with E-state index in [1.807, 2.05) is 13.8 Å². The first-order valence-corrected chi connectivity index (χ1v) is 13.8. The van der Waals surface area contributed by atoms with Crippen LogP contribution in [0.15, 0.2) is 63.9 Å². The van der Waals surface area contributed by atoms with E-state index in [1.54, 1.807) is 63.2 Å². The van der Waals surface area contributed by atoms with Crippen molar-refractivity contribution in [2.45, 2.75) is 52.6 Å². The van der Waals surface area contributed by atoms with Crippen LogP contribution in [-0.4, -0.2) is 50.7 Å². The Morgan fingerprint density at radius 1 is 1.09 bits per heavy atom. The first-order chi connectivity index (χ1) is 20.8. The summed E-state index contributed by atoms with van der Waals surface area (Å²) in [5, 5.41) is 13.0. The summed E-state index contributed by atoms with van der Waals surface area (Å²) in [6, 6.07) is 12.3. The van der Waals surface area contributed by atoms with Crippen LogP contribution in [0.4, 0.5) is 14.9 Å². The Hall–Kier alpha value is -5.20. The van der Waals surface area contributed by atoms with Crippen molar-refractivity contribution in [1.29, 1.82) is 0 Å². The molecule has 2 N–H and O–H groups in total. The van der Waals surface area contributed by atoms with Crippen molar-refractivity contribution in [2.24, 2.45) is 5.92 Å². The molecular weight excluding hydrogens is 571 g/mol. The minimum atomic E-state index is -1.08. The van der Waals surface area contributed by atoms with Crippen LogP contribution < -0.4 is 16.2 Å². The van der Waals surface area contributed by atoms with Crippen molar-refractivity contribution in [3.63, 3.8) is 0 Å². The lowest BCUT2D eigenvalue weighted by Crippen LogP contribution is -2.46. The van der Waals surface area contributed by atoms with Gasteiger partial charge in [0.15, 0.2) is 0 Å². The molecule has 0 aliphatic rings. The molecule has 0 saturated heterocycles. The van der Waals surface area contributed by atoms with Crippen LogP contribution in [0, 0.1) is 18.7 Å². The van der Waals surface area contributed by atoms with Gasteiger partial charge in [0, 0.05) is 5.56 Å². The number of halogens is 1. The van der Waals surface area contributed by atoms with Crippen LogP contribution in [0.5, 0.6) is 0 Å². The molecule has 12 nitrogen and oxygen atoms in total. The number of aromatic nitrogens is 4. The van der Waals surface area contributed by atoms with E-state index < -0.39 is 47.3 Å². The summed E-state index contributed by atoms with van der Waals surface area (Å²) in [6.07, 6.45) is 0.299. The van der Waals surface area contributed by atoms with E-state index in [1.165, 1.54) is 12.3 Å². The Morgan fingerprint density at radius 3 is 2.43 bits per heavy atom. The van der Waals surface area contributed by atoms with Crippen LogP contribution in [0.1, 0.15) is 55.4 Å². The minimum Gasteiger partial charge on any atom is -0.453 e. The number of aryl methyl sites for hydroxylation is 1. The molecule has 0 bridgehead atoms. The monoisotopic (exact) mass is 604 g/mol. The molecule has 230 valence electrons. The molecule has 0 radical (unpaired) electrons. The standard InChI is InChI=1S/C31H33FN6O6/c1-17(2)24(25(40)27-36-37-29(44-27)31(4,5)20-12-13-21(32)18(3)14-20)35-23(39)16-38-26(19-10-8-7-9-11-19)33-15-22(28(38)41)34-30(42)43-6/h7-15,17,24H,16H2,1-6H3,(H,34,42)(H,35,39)/t24-/m0/s1. The van der Waals surface area contributed by atoms with E-state index >= 15 is 0 Å². The van der Waals surface area contributed by atoms with E-state index in [4.69, 9.17) is 4.42 Å². The normalized spacial score (nSPS) is 12.1. The van der Waals surface area contributed by atoms with Crippen molar-refractivity contribution in [3.8, 4) is 11.4 Å². The van der Waals surface area contributed by atoms with Crippen molar-refractivity contribution >= 4 is 23.5 Å². The molecule has 0 unspecified atom stereocenters. The SMILES string of the molecule is COC(=O)Nc1cnc(-c2ccccc2)n(CC(=O)N[C@H](C(=O)c2nnc(C(C)(C)c3ccc(F)c(C)c3)o2)C(C)C)c1=O. The number of nitrogens with one attached hydrogen (secondary N) is 2. The first kappa shape index (κ1) is 31.7. The summed E-state index contributed by atoms with van der Waals surface area (Å²) < 4.78 is 25.3. The lowest BCUT2D eigenvalue weighted by atomic mass is 9.84. The van der Waals surface area contributed by atoms with Crippen molar-refractivity contribution < 1.29 is 27.9 Å². The van der Waals surface area contributed by atoms with E-state index in [0.717, 1.165) is 11.7 Å². The first-order valence-electron chi connectivity index (χ1n) is 13.8. The molecule has 0 spiro atoms. The third-order valence-corrected chi connectivity index (χ3v) is 7.12. The summed E-state index contributed by atoms with van der Waals surface area (Å²) in [5.74, 6) is -2.02. The number of benzene rings is 2. The van der Waals surface area contributed by atoms with Gasteiger partial charge in [-0.25, -0.2) is 14.2 Å². The fraction of sp³-hybridized carbons (Fsp3) is 0.323. The lowest BCUT2D eigenvalue weighted by Gasteiger charge is -2.22. The molecule has 2 heterocycles. The van der Waals surface area contributed by atoms with E-state index in [-0.39, 0.29) is 29.1 Å². The predicted molar refractivity (Wildman–Crippen MR) is 159 cm³/mol. The van der Waals surface area contributed by atoms with Gasteiger partial charge in [-0.05, 0) is 43.9 Å². The number of amides is 2. The van der Waals surface area contributed by atoms with Gasteiger partial charge in [0.05, 0.1) is 24.8 Å². The third-order valence-electron chi connectivity index (χ3n) is 7.12. The third kappa shape index (κ3) is 6.72. The maximum Gasteiger partial charge on any atom is 0.411 e. The average molecular weight is 605 g/mol. The number of rotatable bonds is 10. The van der Waals surface area contributed by atoms with Crippen molar-refractivity contribution in [1.82, 2.24) is 25.1 Å². The van der Waals surface area contributed by atoms with Crippen molar-refractivity contribution in [3.05, 3.63) is 93.8 Å². The number of ketones is 1. The second-order valence-electron chi connectivity index (χ2n) is 11.0. The van der Waals surface area contributed by atoms with Gasteiger partial charge in [-0.15, -0.1) is 10.2 Å². The van der Waals surface area contributed by atoms with Crippen LogP contribution in [0.2, 0.25) is 0 Å². The Labute approximate surface area is 252 Å². The lowest BCUT2D eigenvalue weighted by molar-refractivity contribution is -0.122. The highest BCUT2D eigenvalue weighted by Gasteiger charge is 2.34. The zero-order valence-electron chi connectivity index (χ0n) is 25.2. The molecule has 0 aliphatic heterocycles. The fourth-order valence-corrected chi connectivity index (χ4v) is 4.47.